The number of nitrogens with one attached hydrogen (secondary N) is 2. The van der Waals surface area contributed by atoms with Crippen molar-refractivity contribution < 1.29 is 9.59 Å². The van der Waals surface area contributed by atoms with E-state index in [0.717, 1.165) is 18.0 Å². The van der Waals surface area contributed by atoms with Gasteiger partial charge in [0.25, 0.3) is 0 Å². The summed E-state index contributed by atoms with van der Waals surface area (Å²) in [7, 11) is 0. The third-order valence-electron chi connectivity index (χ3n) is 5.58. The van der Waals surface area contributed by atoms with Gasteiger partial charge in [-0.2, -0.15) is 0 Å². The summed E-state index contributed by atoms with van der Waals surface area (Å²) in [5, 5.41) is 7.38. The highest BCUT2D eigenvalue weighted by molar-refractivity contribution is 14.0. The summed E-state index contributed by atoms with van der Waals surface area (Å²) in [5.74, 6) is 0.953. The Labute approximate surface area is 186 Å². The Balaban J connectivity index is 0.00000225. The molecule has 2 amide bonds. The molecular weight excluding hydrogens is 489 g/mol. The van der Waals surface area contributed by atoms with Crippen LogP contribution < -0.4 is 10.6 Å². The van der Waals surface area contributed by atoms with Crippen molar-refractivity contribution in [1.82, 2.24) is 20.5 Å². The van der Waals surface area contributed by atoms with Crippen molar-refractivity contribution in [2.24, 2.45) is 28.7 Å². The number of carbonyl (C=O) groups excluding carboxylic acids is 2. The van der Waals surface area contributed by atoms with Crippen molar-refractivity contribution in [2.75, 3.05) is 19.6 Å². The molecule has 3 aliphatic rings. The summed E-state index contributed by atoms with van der Waals surface area (Å²) in [5.41, 5.74) is 0. The Morgan fingerprint density at radius 3 is 2.50 bits per heavy atom. The summed E-state index contributed by atoms with van der Waals surface area (Å²) >= 11 is 1.63. The minimum atomic E-state index is -0.123. The van der Waals surface area contributed by atoms with E-state index in [0.29, 0.717) is 25.6 Å². The zero-order valence-electron chi connectivity index (χ0n) is 16.1. The van der Waals surface area contributed by atoms with Gasteiger partial charge in [0.15, 0.2) is 5.96 Å². The molecule has 4 rings (SSSR count). The number of aryl methyl sites for hydroxylation is 1. The van der Waals surface area contributed by atoms with Crippen LogP contribution >= 0.6 is 35.3 Å². The largest absolute Gasteiger partial charge is 0.357 e. The van der Waals surface area contributed by atoms with E-state index < -0.39 is 0 Å². The van der Waals surface area contributed by atoms with E-state index >= 15 is 0 Å². The summed E-state index contributed by atoms with van der Waals surface area (Å²) in [4.78, 5) is 36.8. The predicted octanol–water partition coefficient (Wildman–Crippen LogP) is 1.93. The van der Waals surface area contributed by atoms with Crippen molar-refractivity contribution in [2.45, 2.75) is 26.8 Å². The molecule has 0 aromatic carbocycles. The minimum Gasteiger partial charge on any atom is -0.357 e. The SMILES string of the molecule is CCNC(=NCc1ncc(C)s1)NCCN1C(=O)C2C3C=CC(C3)C2C1=O.I. The second kappa shape index (κ2) is 8.89. The Kier molecular flexibility index (Phi) is 6.74. The van der Waals surface area contributed by atoms with E-state index in [1.807, 2.05) is 20.0 Å². The molecule has 2 fully saturated rings. The third kappa shape index (κ3) is 3.96. The molecule has 1 saturated heterocycles. The molecule has 1 aliphatic heterocycles. The van der Waals surface area contributed by atoms with Crippen molar-refractivity contribution >= 4 is 53.1 Å². The minimum absolute atomic E-state index is 0. The number of hydrogen-bond acceptors (Lipinski definition) is 5. The van der Waals surface area contributed by atoms with Gasteiger partial charge in [0, 0.05) is 30.7 Å². The normalized spacial score (nSPS) is 27.9. The maximum Gasteiger partial charge on any atom is 0.233 e. The molecule has 2 heterocycles. The summed E-state index contributed by atoms with van der Waals surface area (Å²) < 4.78 is 0. The summed E-state index contributed by atoms with van der Waals surface area (Å²) in [6, 6.07) is 0. The molecular formula is C19H26IN5O2S. The van der Waals surface area contributed by atoms with E-state index in [9.17, 15) is 9.59 Å². The standard InChI is InChI=1S/C19H25N5O2S.HI/c1-3-20-19(23-10-14-22-9-11(2)27-14)21-6-7-24-17(25)15-12-4-5-13(8-12)16(15)18(24)26;/h4-5,9,12-13,15-16H,3,6-8,10H2,1-2H3,(H2,20,21,23);1H. The van der Waals surface area contributed by atoms with Crippen molar-refractivity contribution in [1.29, 1.82) is 0 Å². The molecule has 1 aromatic heterocycles. The van der Waals surface area contributed by atoms with Crippen molar-refractivity contribution in [3.05, 3.63) is 28.2 Å². The number of aliphatic imine (C=N–C) groups is 1. The van der Waals surface area contributed by atoms with E-state index in [2.05, 4.69) is 32.8 Å². The average molecular weight is 515 g/mol. The Morgan fingerprint density at radius 2 is 1.93 bits per heavy atom. The first-order valence-corrected chi connectivity index (χ1v) is 10.4. The smallest absolute Gasteiger partial charge is 0.233 e. The summed E-state index contributed by atoms with van der Waals surface area (Å²) in [6.07, 6.45) is 7.05. The lowest BCUT2D eigenvalue weighted by molar-refractivity contribution is -0.140. The van der Waals surface area contributed by atoms with Gasteiger partial charge in [-0.3, -0.25) is 14.5 Å². The number of amides is 2. The molecule has 28 heavy (non-hydrogen) atoms. The molecule has 0 spiro atoms. The monoisotopic (exact) mass is 515 g/mol. The predicted molar refractivity (Wildman–Crippen MR) is 120 cm³/mol. The van der Waals surface area contributed by atoms with Crippen molar-refractivity contribution in [3.8, 4) is 0 Å². The van der Waals surface area contributed by atoms with Gasteiger partial charge in [-0.25, -0.2) is 9.98 Å². The van der Waals surface area contributed by atoms with Crippen LogP contribution in [0.25, 0.3) is 0 Å². The van der Waals surface area contributed by atoms with Crippen molar-refractivity contribution in [3.63, 3.8) is 0 Å². The van der Waals surface area contributed by atoms with Gasteiger partial charge < -0.3 is 10.6 Å². The molecule has 2 aliphatic carbocycles. The van der Waals surface area contributed by atoms with Crippen LogP contribution in [0.4, 0.5) is 0 Å². The van der Waals surface area contributed by atoms with Gasteiger partial charge >= 0.3 is 0 Å². The highest BCUT2D eigenvalue weighted by atomic mass is 127. The zero-order chi connectivity index (χ0) is 19.0. The van der Waals surface area contributed by atoms with Crippen LogP contribution in [0.3, 0.4) is 0 Å². The Hall–Kier alpha value is -1.49. The van der Waals surface area contributed by atoms with Crippen LogP contribution in [0.1, 0.15) is 23.2 Å². The molecule has 152 valence electrons. The number of likely N-dealkylation sites (tertiary alicyclic amines) is 1. The van der Waals surface area contributed by atoms with Gasteiger partial charge in [-0.15, -0.1) is 35.3 Å². The number of nitrogens with zero attached hydrogens (tertiary/aromatic N) is 3. The van der Waals surface area contributed by atoms with Crippen LogP contribution in [0, 0.1) is 30.6 Å². The van der Waals surface area contributed by atoms with Crippen LogP contribution in [0.2, 0.25) is 0 Å². The first-order chi connectivity index (χ1) is 13.1. The second-order valence-electron chi connectivity index (χ2n) is 7.31. The quantitative estimate of drug-likeness (QED) is 0.199. The first-order valence-electron chi connectivity index (χ1n) is 9.55. The average Bonchev–Trinajstić information content (AvgIpc) is 3.40. The van der Waals surface area contributed by atoms with Gasteiger partial charge in [0.2, 0.25) is 11.8 Å². The number of rotatable bonds is 6. The van der Waals surface area contributed by atoms with E-state index in [1.54, 1.807) is 11.3 Å². The number of carbonyl (C=O) groups is 2. The van der Waals surface area contributed by atoms with Crippen LogP contribution in [-0.2, 0) is 16.1 Å². The highest BCUT2D eigenvalue weighted by Crippen LogP contribution is 2.52. The molecule has 2 N–H and O–H groups in total. The summed E-state index contributed by atoms with van der Waals surface area (Å²) in [6.45, 7) is 6.14. The molecule has 7 nitrogen and oxygen atoms in total. The lowest BCUT2D eigenvalue weighted by Gasteiger charge is -2.18. The fourth-order valence-corrected chi connectivity index (χ4v) is 5.15. The number of fused-ring (bicyclic) bond motifs is 5. The highest BCUT2D eigenvalue weighted by Gasteiger charge is 2.58. The number of hydrogen-bond donors (Lipinski definition) is 2. The van der Waals surface area contributed by atoms with Gasteiger partial charge in [0.05, 0.1) is 18.4 Å². The van der Waals surface area contributed by atoms with Gasteiger partial charge in [0.1, 0.15) is 5.01 Å². The topological polar surface area (TPSA) is 86.7 Å². The number of halogens is 1. The molecule has 4 atom stereocenters. The molecule has 0 radical (unpaired) electrons. The van der Waals surface area contributed by atoms with Gasteiger partial charge in [-0.05, 0) is 32.1 Å². The lowest BCUT2D eigenvalue weighted by atomic mass is 9.85. The molecule has 1 aromatic rings. The Bertz CT molecular complexity index is 778. The van der Waals surface area contributed by atoms with Crippen LogP contribution in [-0.4, -0.2) is 47.3 Å². The number of guanidine groups is 1. The molecule has 1 saturated carbocycles. The molecule has 2 bridgehead atoms. The third-order valence-corrected chi connectivity index (χ3v) is 6.47. The molecule has 4 unspecified atom stereocenters. The maximum atomic E-state index is 12.7. The van der Waals surface area contributed by atoms with E-state index in [4.69, 9.17) is 0 Å². The zero-order valence-corrected chi connectivity index (χ0v) is 19.2. The molecule has 9 heteroatoms. The number of aromatic nitrogens is 1. The fourth-order valence-electron chi connectivity index (χ4n) is 4.43. The second-order valence-corrected chi connectivity index (χ2v) is 8.63. The van der Waals surface area contributed by atoms with E-state index in [-0.39, 0.29) is 59.5 Å². The number of allylic oxidation sites excluding steroid dienone is 2. The first kappa shape index (κ1) is 21.2. The van der Waals surface area contributed by atoms with E-state index in [1.165, 1.54) is 9.78 Å². The van der Waals surface area contributed by atoms with Crippen LogP contribution in [0.15, 0.2) is 23.3 Å². The fraction of sp³-hybridized carbons (Fsp3) is 0.579. The Morgan fingerprint density at radius 1 is 1.25 bits per heavy atom. The lowest BCUT2D eigenvalue weighted by Crippen LogP contribution is -2.43. The maximum absolute atomic E-state index is 12.7. The number of imide groups is 1. The van der Waals surface area contributed by atoms with Crippen LogP contribution in [0.5, 0.6) is 0 Å². The van der Waals surface area contributed by atoms with Gasteiger partial charge in [-0.1, -0.05) is 12.2 Å². The number of thiazole rings is 1.